The molecule has 124 valence electrons. The molecule has 0 saturated carbocycles. The van der Waals surface area contributed by atoms with Crippen LogP contribution in [0.4, 0.5) is 0 Å². The highest BCUT2D eigenvalue weighted by Crippen LogP contribution is 2.26. The quantitative estimate of drug-likeness (QED) is 0.723. The van der Waals surface area contributed by atoms with Crippen LogP contribution >= 0.6 is 15.9 Å². The Hall–Kier alpha value is -2.11. The van der Waals surface area contributed by atoms with Gasteiger partial charge in [-0.15, -0.1) is 0 Å². The summed E-state index contributed by atoms with van der Waals surface area (Å²) >= 11 is 3.51. The summed E-state index contributed by atoms with van der Waals surface area (Å²) in [5, 5.41) is 1.58. The van der Waals surface area contributed by atoms with Gasteiger partial charge in [0.1, 0.15) is 12.4 Å². The van der Waals surface area contributed by atoms with Gasteiger partial charge in [0.15, 0.2) is 0 Å². The summed E-state index contributed by atoms with van der Waals surface area (Å²) in [7, 11) is 4.03. The van der Waals surface area contributed by atoms with E-state index in [-0.39, 0.29) is 5.56 Å². The second kappa shape index (κ2) is 7.20. The number of H-pyrrole nitrogens is 1. The number of hydrogen-bond acceptors (Lipinski definition) is 3. The fourth-order valence-corrected chi connectivity index (χ4v) is 2.96. The molecule has 24 heavy (non-hydrogen) atoms. The molecule has 4 nitrogen and oxygen atoms in total. The number of halogens is 1. The molecule has 0 fully saturated rings. The average molecular weight is 387 g/mol. The molecular weight excluding hydrogens is 368 g/mol. The van der Waals surface area contributed by atoms with Crippen molar-refractivity contribution >= 4 is 26.7 Å². The SMILES string of the molecule is CN(C)CCOc1ccc(-c2cc3c(Br)cccc3c(=O)[nH]2)cc1. The summed E-state index contributed by atoms with van der Waals surface area (Å²) < 4.78 is 6.61. The minimum Gasteiger partial charge on any atom is -0.492 e. The Morgan fingerprint density at radius 3 is 2.54 bits per heavy atom. The molecule has 0 unspecified atom stereocenters. The van der Waals surface area contributed by atoms with Crippen LogP contribution in [0.5, 0.6) is 5.75 Å². The molecular formula is C19H19BrN2O2. The third-order valence-corrected chi connectivity index (χ3v) is 4.50. The van der Waals surface area contributed by atoms with Crippen LogP contribution in [0.15, 0.2) is 57.8 Å². The van der Waals surface area contributed by atoms with Crippen molar-refractivity contribution in [2.24, 2.45) is 0 Å². The monoisotopic (exact) mass is 386 g/mol. The fraction of sp³-hybridized carbons (Fsp3) is 0.211. The zero-order valence-electron chi connectivity index (χ0n) is 13.7. The molecule has 0 spiro atoms. The topological polar surface area (TPSA) is 45.3 Å². The summed E-state index contributed by atoms with van der Waals surface area (Å²) in [5.41, 5.74) is 1.65. The van der Waals surface area contributed by atoms with Gasteiger partial charge in [-0.3, -0.25) is 4.79 Å². The molecule has 1 N–H and O–H groups in total. The number of fused-ring (bicyclic) bond motifs is 1. The number of aromatic nitrogens is 1. The van der Waals surface area contributed by atoms with E-state index in [2.05, 4.69) is 25.8 Å². The molecule has 2 aromatic carbocycles. The lowest BCUT2D eigenvalue weighted by Gasteiger charge is -2.11. The standard InChI is InChI=1S/C19H19BrN2O2/c1-22(2)10-11-24-14-8-6-13(7-9-14)18-12-16-15(19(23)21-18)4-3-5-17(16)20/h3-9,12H,10-11H2,1-2H3,(H,21,23). The predicted octanol–water partition coefficient (Wildman–Crippen LogP) is 3.90. The van der Waals surface area contributed by atoms with Gasteiger partial charge in [0.05, 0.1) is 0 Å². The van der Waals surface area contributed by atoms with E-state index in [1.807, 2.05) is 62.6 Å². The van der Waals surface area contributed by atoms with Gasteiger partial charge < -0.3 is 14.6 Å². The molecule has 1 heterocycles. The van der Waals surface area contributed by atoms with Crippen molar-refractivity contribution in [3.05, 3.63) is 63.4 Å². The first-order valence-electron chi connectivity index (χ1n) is 7.74. The Morgan fingerprint density at radius 2 is 1.83 bits per heavy atom. The summed E-state index contributed by atoms with van der Waals surface area (Å²) in [6, 6.07) is 15.4. The van der Waals surface area contributed by atoms with Gasteiger partial charge in [-0.1, -0.05) is 22.0 Å². The van der Waals surface area contributed by atoms with E-state index in [9.17, 15) is 4.79 Å². The van der Waals surface area contributed by atoms with E-state index in [1.165, 1.54) is 0 Å². The van der Waals surface area contributed by atoms with E-state index in [4.69, 9.17) is 4.74 Å². The highest BCUT2D eigenvalue weighted by molar-refractivity contribution is 9.10. The van der Waals surface area contributed by atoms with Gasteiger partial charge in [-0.25, -0.2) is 0 Å². The number of nitrogens with zero attached hydrogens (tertiary/aromatic N) is 1. The average Bonchev–Trinajstić information content (AvgIpc) is 2.56. The lowest BCUT2D eigenvalue weighted by Crippen LogP contribution is -2.19. The third-order valence-electron chi connectivity index (χ3n) is 3.81. The van der Waals surface area contributed by atoms with Crippen LogP contribution in [-0.4, -0.2) is 37.1 Å². The normalized spacial score (nSPS) is 11.2. The van der Waals surface area contributed by atoms with E-state index < -0.39 is 0 Å². The fourth-order valence-electron chi connectivity index (χ4n) is 2.48. The highest BCUT2D eigenvalue weighted by Gasteiger charge is 2.07. The van der Waals surface area contributed by atoms with Gasteiger partial charge in [-0.05, 0) is 62.1 Å². The first kappa shape index (κ1) is 16.7. The number of pyridine rings is 1. The van der Waals surface area contributed by atoms with Crippen molar-refractivity contribution in [1.82, 2.24) is 9.88 Å². The summed E-state index contributed by atoms with van der Waals surface area (Å²) in [6.07, 6.45) is 0. The molecule has 0 saturated heterocycles. The minimum absolute atomic E-state index is 0.0879. The van der Waals surface area contributed by atoms with Gasteiger partial charge in [0.2, 0.25) is 0 Å². The van der Waals surface area contributed by atoms with Crippen molar-refractivity contribution in [2.75, 3.05) is 27.2 Å². The Balaban J connectivity index is 1.88. The largest absolute Gasteiger partial charge is 0.492 e. The molecule has 0 bridgehead atoms. The lowest BCUT2D eigenvalue weighted by molar-refractivity contribution is 0.261. The van der Waals surface area contributed by atoms with Crippen molar-refractivity contribution in [1.29, 1.82) is 0 Å². The summed E-state index contributed by atoms with van der Waals surface area (Å²) in [5.74, 6) is 0.824. The number of hydrogen-bond donors (Lipinski definition) is 1. The van der Waals surface area contributed by atoms with Crippen LogP contribution in [0.25, 0.3) is 22.0 Å². The molecule has 3 aromatic rings. The van der Waals surface area contributed by atoms with Crippen LogP contribution in [-0.2, 0) is 0 Å². The van der Waals surface area contributed by atoms with Gasteiger partial charge in [0.25, 0.3) is 5.56 Å². The Bertz CT molecular complexity index is 901. The number of aromatic amines is 1. The number of nitrogens with one attached hydrogen (secondary N) is 1. The zero-order chi connectivity index (χ0) is 17.1. The Labute approximate surface area is 149 Å². The molecule has 0 aliphatic heterocycles. The number of benzene rings is 2. The number of ether oxygens (including phenoxy) is 1. The molecule has 0 aliphatic carbocycles. The second-order valence-electron chi connectivity index (χ2n) is 5.89. The smallest absolute Gasteiger partial charge is 0.256 e. The first-order valence-corrected chi connectivity index (χ1v) is 8.53. The van der Waals surface area contributed by atoms with Gasteiger partial charge in [0, 0.05) is 27.5 Å². The molecule has 1 aromatic heterocycles. The molecule has 3 rings (SSSR count). The van der Waals surface area contributed by atoms with Crippen LogP contribution in [0.3, 0.4) is 0 Å². The second-order valence-corrected chi connectivity index (χ2v) is 6.74. The van der Waals surface area contributed by atoms with E-state index in [0.29, 0.717) is 12.0 Å². The van der Waals surface area contributed by atoms with Crippen molar-refractivity contribution < 1.29 is 4.74 Å². The van der Waals surface area contributed by atoms with Gasteiger partial charge >= 0.3 is 0 Å². The first-order chi connectivity index (χ1) is 11.5. The number of likely N-dealkylation sites (N-methyl/N-ethyl adjacent to an activating group) is 1. The predicted molar refractivity (Wildman–Crippen MR) is 102 cm³/mol. The van der Waals surface area contributed by atoms with Crippen molar-refractivity contribution in [3.63, 3.8) is 0 Å². The molecule has 0 aliphatic rings. The molecule has 0 radical (unpaired) electrons. The van der Waals surface area contributed by atoms with Crippen molar-refractivity contribution in [3.8, 4) is 17.0 Å². The lowest BCUT2D eigenvalue weighted by atomic mass is 10.1. The third kappa shape index (κ3) is 3.68. The van der Waals surface area contributed by atoms with Crippen LogP contribution in [0.1, 0.15) is 0 Å². The maximum absolute atomic E-state index is 12.3. The summed E-state index contributed by atoms with van der Waals surface area (Å²) in [6.45, 7) is 1.51. The Kier molecular flexibility index (Phi) is 5.02. The van der Waals surface area contributed by atoms with Crippen LogP contribution in [0.2, 0.25) is 0 Å². The van der Waals surface area contributed by atoms with Crippen LogP contribution < -0.4 is 10.3 Å². The molecule has 0 atom stereocenters. The maximum atomic E-state index is 12.3. The van der Waals surface area contributed by atoms with Gasteiger partial charge in [-0.2, -0.15) is 0 Å². The van der Waals surface area contributed by atoms with Crippen molar-refractivity contribution in [2.45, 2.75) is 0 Å². The minimum atomic E-state index is -0.0879. The van der Waals surface area contributed by atoms with E-state index >= 15 is 0 Å². The van der Waals surface area contributed by atoms with E-state index in [0.717, 1.165) is 33.4 Å². The van der Waals surface area contributed by atoms with Crippen LogP contribution in [0, 0.1) is 0 Å². The molecule has 5 heteroatoms. The highest BCUT2D eigenvalue weighted by atomic mass is 79.9. The summed E-state index contributed by atoms with van der Waals surface area (Å²) in [4.78, 5) is 17.3. The Morgan fingerprint density at radius 1 is 1.08 bits per heavy atom. The maximum Gasteiger partial charge on any atom is 0.256 e. The number of rotatable bonds is 5. The zero-order valence-corrected chi connectivity index (χ0v) is 15.3. The van der Waals surface area contributed by atoms with E-state index in [1.54, 1.807) is 0 Å². The molecule has 0 amide bonds.